The number of carbonyl (C=O) groups excluding carboxylic acids is 1. The van der Waals surface area contributed by atoms with Gasteiger partial charge in [0.15, 0.2) is 0 Å². The fourth-order valence-corrected chi connectivity index (χ4v) is 3.90. The van der Waals surface area contributed by atoms with E-state index in [0.29, 0.717) is 6.42 Å². The molecule has 174 valence electrons. The number of alkyl halides is 5. The van der Waals surface area contributed by atoms with Gasteiger partial charge < -0.3 is 19.4 Å². The summed E-state index contributed by atoms with van der Waals surface area (Å²) >= 11 is 0. The first kappa shape index (κ1) is 22.2. The standard InChI is InChI=1S/C19H20F5N5O3/c1-3-11(15(30)29-7-6-17(9-29)8-18(17,20)21)25-16-28-27-14(32-16)10-4-5-12(19(22,23)24)26-13(10)31-2/h4-5,11H,3,6-9H2,1-2H3,(H,25,28)/t11-,17+/m0/s1. The zero-order valence-electron chi connectivity index (χ0n) is 17.2. The molecule has 2 fully saturated rings. The van der Waals surface area contributed by atoms with E-state index in [1.807, 2.05) is 0 Å². The first-order chi connectivity index (χ1) is 15.0. The summed E-state index contributed by atoms with van der Waals surface area (Å²) in [6, 6.07) is 0.907. The van der Waals surface area contributed by atoms with Gasteiger partial charge in [-0.05, 0) is 25.0 Å². The summed E-state index contributed by atoms with van der Waals surface area (Å²) in [4.78, 5) is 17.6. The van der Waals surface area contributed by atoms with Crippen LogP contribution in [0.25, 0.3) is 11.5 Å². The number of aromatic nitrogens is 3. The molecular formula is C19H20F5N5O3. The highest BCUT2D eigenvalue weighted by Crippen LogP contribution is 2.65. The molecule has 3 heterocycles. The average Bonchev–Trinajstić information content (AvgIpc) is 3.14. The van der Waals surface area contributed by atoms with Crippen LogP contribution in [0.4, 0.5) is 28.0 Å². The van der Waals surface area contributed by atoms with Crippen molar-refractivity contribution in [1.82, 2.24) is 20.1 Å². The lowest BCUT2D eigenvalue weighted by molar-refractivity contribution is -0.141. The second-order valence-corrected chi connectivity index (χ2v) is 7.94. The van der Waals surface area contributed by atoms with Crippen LogP contribution >= 0.6 is 0 Å². The van der Waals surface area contributed by atoms with Crippen molar-refractivity contribution in [2.45, 2.75) is 44.3 Å². The minimum Gasteiger partial charge on any atom is -0.480 e. The number of nitrogens with zero attached hydrogens (tertiary/aromatic N) is 4. The third kappa shape index (κ3) is 3.84. The summed E-state index contributed by atoms with van der Waals surface area (Å²) in [5.41, 5.74) is -2.21. The Hall–Kier alpha value is -2.99. The van der Waals surface area contributed by atoms with Crippen LogP contribution in [0, 0.1) is 5.41 Å². The Bertz CT molecular complexity index is 1030. The Morgan fingerprint density at radius 3 is 2.62 bits per heavy atom. The molecule has 1 amide bonds. The van der Waals surface area contributed by atoms with E-state index in [0.717, 1.165) is 19.2 Å². The van der Waals surface area contributed by atoms with Gasteiger partial charge >= 0.3 is 12.2 Å². The van der Waals surface area contributed by atoms with Crippen molar-refractivity contribution in [2.75, 3.05) is 25.5 Å². The van der Waals surface area contributed by atoms with Crippen LogP contribution in [-0.4, -0.2) is 58.2 Å². The molecule has 1 saturated heterocycles. The van der Waals surface area contributed by atoms with Crippen LogP contribution < -0.4 is 10.1 Å². The molecule has 13 heteroatoms. The van der Waals surface area contributed by atoms with Crippen molar-refractivity contribution in [3.63, 3.8) is 0 Å². The van der Waals surface area contributed by atoms with E-state index in [2.05, 4.69) is 20.5 Å². The average molecular weight is 461 g/mol. The summed E-state index contributed by atoms with van der Waals surface area (Å²) < 4.78 is 76.2. The molecule has 1 aliphatic heterocycles. The van der Waals surface area contributed by atoms with Crippen molar-refractivity contribution in [2.24, 2.45) is 5.41 Å². The maximum absolute atomic E-state index is 13.6. The predicted octanol–water partition coefficient (Wildman–Crippen LogP) is 3.61. The highest BCUT2D eigenvalue weighted by molar-refractivity contribution is 5.84. The Balaban J connectivity index is 1.47. The summed E-state index contributed by atoms with van der Waals surface area (Å²) in [6.07, 6.45) is -4.28. The lowest BCUT2D eigenvalue weighted by Crippen LogP contribution is -2.42. The molecule has 1 aliphatic carbocycles. The van der Waals surface area contributed by atoms with Gasteiger partial charge in [-0.1, -0.05) is 12.0 Å². The molecule has 1 spiro atoms. The van der Waals surface area contributed by atoms with Gasteiger partial charge in [0.1, 0.15) is 17.3 Å². The number of ether oxygens (including phenoxy) is 1. The number of hydrogen-bond acceptors (Lipinski definition) is 7. The van der Waals surface area contributed by atoms with Gasteiger partial charge in [-0.2, -0.15) is 13.2 Å². The second-order valence-electron chi connectivity index (χ2n) is 7.94. The largest absolute Gasteiger partial charge is 0.480 e. The van der Waals surface area contributed by atoms with Gasteiger partial charge in [-0.15, -0.1) is 5.10 Å². The van der Waals surface area contributed by atoms with Gasteiger partial charge in [0.2, 0.25) is 11.8 Å². The third-order valence-corrected chi connectivity index (χ3v) is 5.88. The maximum atomic E-state index is 13.6. The number of amides is 1. The Labute approximate surface area is 179 Å². The summed E-state index contributed by atoms with van der Waals surface area (Å²) in [5, 5.41) is 10.3. The summed E-state index contributed by atoms with van der Waals surface area (Å²) in [6.45, 7) is 1.98. The Kier molecular flexibility index (Phi) is 5.24. The number of hydrogen-bond donors (Lipinski definition) is 1. The lowest BCUT2D eigenvalue weighted by atomic mass is 10.1. The molecule has 0 radical (unpaired) electrons. The van der Waals surface area contributed by atoms with E-state index in [1.54, 1.807) is 6.92 Å². The number of pyridine rings is 1. The van der Waals surface area contributed by atoms with Crippen LogP contribution in [-0.2, 0) is 11.0 Å². The minimum absolute atomic E-state index is 0.000515. The van der Waals surface area contributed by atoms with E-state index < -0.39 is 29.2 Å². The van der Waals surface area contributed by atoms with Crippen LogP contribution in [0.1, 0.15) is 31.9 Å². The van der Waals surface area contributed by atoms with E-state index >= 15 is 0 Å². The zero-order chi connectivity index (χ0) is 23.3. The molecule has 1 N–H and O–H groups in total. The molecule has 4 rings (SSSR count). The van der Waals surface area contributed by atoms with Crippen LogP contribution in [0.15, 0.2) is 16.5 Å². The first-order valence-corrected chi connectivity index (χ1v) is 9.89. The monoisotopic (exact) mass is 461 g/mol. The van der Waals surface area contributed by atoms with E-state index in [1.165, 1.54) is 4.90 Å². The number of halogens is 5. The summed E-state index contributed by atoms with van der Waals surface area (Å²) in [7, 11) is 1.15. The number of anilines is 1. The van der Waals surface area contributed by atoms with E-state index in [4.69, 9.17) is 9.15 Å². The van der Waals surface area contributed by atoms with Gasteiger partial charge in [0.25, 0.3) is 11.8 Å². The minimum atomic E-state index is -4.65. The Morgan fingerprint density at radius 2 is 2.06 bits per heavy atom. The topological polar surface area (TPSA) is 93.4 Å². The lowest BCUT2D eigenvalue weighted by Gasteiger charge is -2.22. The molecule has 2 aliphatic rings. The fraction of sp³-hybridized carbons (Fsp3) is 0.579. The van der Waals surface area contributed by atoms with Crippen molar-refractivity contribution in [3.8, 4) is 17.3 Å². The van der Waals surface area contributed by atoms with Crippen molar-refractivity contribution < 1.29 is 35.9 Å². The predicted molar refractivity (Wildman–Crippen MR) is 100.0 cm³/mol. The number of methoxy groups -OCH3 is 1. The number of nitrogens with one attached hydrogen (secondary N) is 1. The molecule has 2 aromatic heterocycles. The number of likely N-dealkylation sites (tertiary alicyclic amines) is 1. The quantitative estimate of drug-likeness (QED) is 0.657. The fourth-order valence-electron chi connectivity index (χ4n) is 3.90. The molecule has 32 heavy (non-hydrogen) atoms. The zero-order valence-corrected chi connectivity index (χ0v) is 17.2. The van der Waals surface area contributed by atoms with Crippen molar-refractivity contribution in [3.05, 3.63) is 17.8 Å². The molecular weight excluding hydrogens is 441 g/mol. The molecule has 0 aromatic carbocycles. The highest BCUT2D eigenvalue weighted by atomic mass is 19.4. The van der Waals surface area contributed by atoms with E-state index in [-0.39, 0.29) is 55.2 Å². The normalized spacial score (nSPS) is 22.8. The van der Waals surface area contributed by atoms with Gasteiger partial charge in [-0.3, -0.25) is 4.79 Å². The molecule has 8 nitrogen and oxygen atoms in total. The van der Waals surface area contributed by atoms with E-state index in [9.17, 15) is 26.7 Å². The molecule has 0 bridgehead atoms. The van der Waals surface area contributed by atoms with Crippen molar-refractivity contribution >= 4 is 11.9 Å². The van der Waals surface area contributed by atoms with Crippen LogP contribution in [0.5, 0.6) is 5.88 Å². The van der Waals surface area contributed by atoms with Gasteiger partial charge in [-0.25, -0.2) is 13.8 Å². The number of rotatable bonds is 6. The summed E-state index contributed by atoms with van der Waals surface area (Å²) in [5.74, 6) is -3.61. The second kappa shape index (κ2) is 7.55. The van der Waals surface area contributed by atoms with Crippen LogP contribution in [0.2, 0.25) is 0 Å². The molecule has 0 unspecified atom stereocenters. The highest BCUT2D eigenvalue weighted by Gasteiger charge is 2.73. The smallest absolute Gasteiger partial charge is 0.433 e. The van der Waals surface area contributed by atoms with Gasteiger partial charge in [0.05, 0.1) is 12.5 Å². The maximum Gasteiger partial charge on any atom is 0.433 e. The molecule has 1 saturated carbocycles. The molecule has 2 aromatic rings. The Morgan fingerprint density at radius 1 is 1.34 bits per heavy atom. The van der Waals surface area contributed by atoms with Gasteiger partial charge in [0, 0.05) is 19.5 Å². The third-order valence-electron chi connectivity index (χ3n) is 5.88. The SMILES string of the molecule is CC[C@H](Nc1nnc(-c2ccc(C(F)(F)F)nc2OC)o1)C(=O)N1CC[C@]2(C1)CC2(F)F. The van der Waals surface area contributed by atoms with Crippen LogP contribution in [0.3, 0.4) is 0 Å². The van der Waals surface area contributed by atoms with Crippen molar-refractivity contribution in [1.29, 1.82) is 0 Å². The molecule has 2 atom stereocenters. The first-order valence-electron chi connectivity index (χ1n) is 9.89. The number of carbonyl (C=O) groups is 1.